The number of nitrogens with one attached hydrogen (secondary N) is 2. The monoisotopic (exact) mass is 186 g/mol. The molecule has 1 aliphatic rings. The van der Waals surface area contributed by atoms with Crippen molar-refractivity contribution < 1.29 is 0 Å². The highest BCUT2D eigenvalue weighted by Gasteiger charge is 2.19. The second-order valence-corrected chi connectivity index (χ2v) is 4.37. The number of aromatic amines is 1. The fourth-order valence-electron chi connectivity index (χ4n) is 0.942. The number of hydrogen-bond donors (Lipinski definition) is 2. The summed E-state index contributed by atoms with van der Waals surface area (Å²) in [5.41, 5.74) is 1.21. The van der Waals surface area contributed by atoms with Gasteiger partial charge in [-0.3, -0.25) is 0 Å². The molecule has 1 fully saturated rings. The topological polar surface area (TPSA) is 27.8 Å². The Hall–Kier alpha value is -0.190. The average Bonchev–Trinajstić information content (AvgIpc) is 2.72. The van der Waals surface area contributed by atoms with Crippen LogP contribution in [0.5, 0.6) is 0 Å². The van der Waals surface area contributed by atoms with Crippen LogP contribution in [0, 0.1) is 3.95 Å². The minimum absolute atomic E-state index is 0.775. The van der Waals surface area contributed by atoms with E-state index in [2.05, 4.69) is 15.7 Å². The van der Waals surface area contributed by atoms with E-state index in [1.54, 1.807) is 11.3 Å². The van der Waals surface area contributed by atoms with E-state index in [1.165, 1.54) is 18.5 Å². The van der Waals surface area contributed by atoms with Crippen molar-refractivity contribution in [3.8, 4) is 0 Å². The van der Waals surface area contributed by atoms with Crippen molar-refractivity contribution in [2.24, 2.45) is 0 Å². The highest BCUT2D eigenvalue weighted by Crippen LogP contribution is 2.19. The van der Waals surface area contributed by atoms with Gasteiger partial charge >= 0.3 is 0 Å². The molecule has 0 saturated heterocycles. The molecule has 60 valence electrons. The molecule has 0 amide bonds. The van der Waals surface area contributed by atoms with Crippen LogP contribution >= 0.6 is 23.6 Å². The maximum atomic E-state index is 4.96. The van der Waals surface area contributed by atoms with Crippen LogP contribution in [-0.2, 0) is 6.54 Å². The second-order valence-electron chi connectivity index (χ2n) is 2.83. The predicted octanol–water partition coefficient (Wildman–Crippen LogP) is 2.06. The third-order valence-corrected chi connectivity index (χ3v) is 2.84. The molecule has 0 bridgehead atoms. The second kappa shape index (κ2) is 3.05. The predicted molar refractivity (Wildman–Crippen MR) is 49.4 cm³/mol. The molecule has 0 spiro atoms. The molecule has 1 aliphatic carbocycles. The summed E-state index contributed by atoms with van der Waals surface area (Å²) in [5.74, 6) is 0. The van der Waals surface area contributed by atoms with Gasteiger partial charge in [0.05, 0.1) is 0 Å². The van der Waals surface area contributed by atoms with Gasteiger partial charge in [-0.25, -0.2) is 0 Å². The summed E-state index contributed by atoms with van der Waals surface area (Å²) < 4.78 is 0.873. The van der Waals surface area contributed by atoms with Crippen molar-refractivity contribution in [2.45, 2.75) is 25.4 Å². The minimum Gasteiger partial charge on any atom is -0.340 e. The van der Waals surface area contributed by atoms with Crippen molar-refractivity contribution in [3.05, 3.63) is 15.0 Å². The third kappa shape index (κ3) is 2.12. The van der Waals surface area contributed by atoms with Crippen LogP contribution in [0.2, 0.25) is 0 Å². The first-order valence-electron chi connectivity index (χ1n) is 3.74. The van der Waals surface area contributed by atoms with Crippen LogP contribution in [0.4, 0.5) is 0 Å². The molecular formula is C7H10N2S2. The Balaban J connectivity index is 1.89. The lowest BCUT2D eigenvalue weighted by molar-refractivity contribution is 0.677. The van der Waals surface area contributed by atoms with Crippen LogP contribution in [0.1, 0.15) is 18.5 Å². The van der Waals surface area contributed by atoms with Gasteiger partial charge in [-0.1, -0.05) is 0 Å². The zero-order chi connectivity index (χ0) is 7.68. The first-order chi connectivity index (χ1) is 5.34. The van der Waals surface area contributed by atoms with E-state index >= 15 is 0 Å². The van der Waals surface area contributed by atoms with Gasteiger partial charge in [0.2, 0.25) is 0 Å². The molecule has 2 rings (SSSR count). The van der Waals surface area contributed by atoms with E-state index in [0.29, 0.717) is 0 Å². The molecule has 4 heteroatoms. The number of aromatic nitrogens is 1. The Morgan fingerprint density at radius 2 is 2.55 bits per heavy atom. The highest BCUT2D eigenvalue weighted by atomic mass is 32.1. The number of thiazole rings is 1. The number of rotatable bonds is 3. The Bertz CT molecular complexity index is 285. The average molecular weight is 186 g/mol. The summed E-state index contributed by atoms with van der Waals surface area (Å²) in [4.78, 5) is 3.13. The summed E-state index contributed by atoms with van der Waals surface area (Å²) in [6.07, 6.45) is 2.68. The third-order valence-electron chi connectivity index (χ3n) is 1.73. The normalized spacial score (nSPS) is 17.1. The van der Waals surface area contributed by atoms with Crippen molar-refractivity contribution in [1.29, 1.82) is 0 Å². The van der Waals surface area contributed by atoms with Gasteiger partial charge in [-0.2, -0.15) is 0 Å². The van der Waals surface area contributed by atoms with Crippen LogP contribution in [0.25, 0.3) is 0 Å². The molecule has 0 radical (unpaired) electrons. The van der Waals surface area contributed by atoms with Crippen molar-refractivity contribution >= 4 is 23.6 Å². The Kier molecular flexibility index (Phi) is 2.07. The molecule has 1 aromatic heterocycles. The smallest absolute Gasteiger partial charge is 0.158 e. The molecule has 1 heterocycles. The standard InChI is InChI=1S/C7H10N2S2/c10-7-9-6(4-11-7)3-8-5-1-2-5/h4-5,8H,1-3H2,(H,9,10). The molecular weight excluding hydrogens is 176 g/mol. The summed E-state index contributed by atoms with van der Waals surface area (Å²) in [7, 11) is 0. The van der Waals surface area contributed by atoms with E-state index in [4.69, 9.17) is 12.2 Å². The first-order valence-corrected chi connectivity index (χ1v) is 5.03. The first kappa shape index (κ1) is 7.46. The number of hydrogen-bond acceptors (Lipinski definition) is 3. The van der Waals surface area contributed by atoms with E-state index in [-0.39, 0.29) is 0 Å². The van der Waals surface area contributed by atoms with Crippen LogP contribution in [0.15, 0.2) is 5.38 Å². The largest absolute Gasteiger partial charge is 0.340 e. The molecule has 0 atom stereocenters. The number of H-pyrrole nitrogens is 1. The quantitative estimate of drug-likeness (QED) is 0.707. The highest BCUT2D eigenvalue weighted by molar-refractivity contribution is 7.73. The zero-order valence-corrected chi connectivity index (χ0v) is 7.73. The van der Waals surface area contributed by atoms with Gasteiger partial charge in [0.25, 0.3) is 0 Å². The lowest BCUT2D eigenvalue weighted by Crippen LogP contribution is -2.15. The van der Waals surface area contributed by atoms with Crippen molar-refractivity contribution in [3.63, 3.8) is 0 Å². The molecule has 0 aromatic carbocycles. The van der Waals surface area contributed by atoms with Crippen LogP contribution in [-0.4, -0.2) is 11.0 Å². The lowest BCUT2D eigenvalue weighted by atomic mass is 10.5. The van der Waals surface area contributed by atoms with E-state index in [1.807, 2.05) is 0 Å². The zero-order valence-electron chi connectivity index (χ0n) is 6.09. The fourth-order valence-corrected chi connectivity index (χ4v) is 1.80. The minimum atomic E-state index is 0.775. The summed E-state index contributed by atoms with van der Waals surface area (Å²) >= 11 is 6.56. The van der Waals surface area contributed by atoms with Gasteiger partial charge in [-0.15, -0.1) is 11.3 Å². The van der Waals surface area contributed by atoms with E-state index < -0.39 is 0 Å². The summed E-state index contributed by atoms with van der Waals surface area (Å²) in [6, 6.07) is 0.775. The van der Waals surface area contributed by atoms with Gasteiger partial charge in [-0.05, 0) is 25.1 Å². The molecule has 1 saturated carbocycles. The SMILES string of the molecule is S=c1[nH]c(CNC2CC2)cs1. The maximum Gasteiger partial charge on any atom is 0.158 e. The fraction of sp³-hybridized carbons (Fsp3) is 0.571. The maximum absolute atomic E-state index is 4.96. The van der Waals surface area contributed by atoms with E-state index in [9.17, 15) is 0 Å². The Morgan fingerprint density at radius 3 is 3.09 bits per heavy atom. The lowest BCUT2D eigenvalue weighted by Gasteiger charge is -1.97. The molecule has 2 N–H and O–H groups in total. The van der Waals surface area contributed by atoms with Crippen LogP contribution in [0.3, 0.4) is 0 Å². The molecule has 1 aromatic rings. The Labute approximate surface area is 74.7 Å². The molecule has 0 unspecified atom stereocenters. The van der Waals surface area contributed by atoms with Gasteiger partial charge in [0.1, 0.15) is 0 Å². The Morgan fingerprint density at radius 1 is 1.73 bits per heavy atom. The van der Waals surface area contributed by atoms with Crippen molar-refractivity contribution in [2.75, 3.05) is 0 Å². The van der Waals surface area contributed by atoms with Crippen molar-refractivity contribution in [1.82, 2.24) is 10.3 Å². The van der Waals surface area contributed by atoms with Crippen LogP contribution < -0.4 is 5.32 Å². The molecule has 2 nitrogen and oxygen atoms in total. The molecule has 0 aliphatic heterocycles. The van der Waals surface area contributed by atoms with Gasteiger partial charge in [0.15, 0.2) is 3.95 Å². The van der Waals surface area contributed by atoms with Gasteiger partial charge in [0, 0.05) is 23.7 Å². The molecule has 11 heavy (non-hydrogen) atoms. The van der Waals surface area contributed by atoms with E-state index in [0.717, 1.165) is 16.5 Å². The summed E-state index contributed by atoms with van der Waals surface area (Å²) in [6.45, 7) is 0.942. The van der Waals surface area contributed by atoms with Gasteiger partial charge < -0.3 is 10.3 Å². The summed E-state index contributed by atoms with van der Waals surface area (Å²) in [5, 5.41) is 5.50.